The second kappa shape index (κ2) is 6.81. The first-order valence-electron chi connectivity index (χ1n) is 7.57. The van der Waals surface area contributed by atoms with Gasteiger partial charge in [0, 0.05) is 18.8 Å². The molecule has 2 amide bonds. The Kier molecular flexibility index (Phi) is 5.15. The topological polar surface area (TPSA) is 67.9 Å². The minimum Gasteiger partial charge on any atom is -0.444 e. The lowest BCUT2D eigenvalue weighted by Gasteiger charge is -2.38. The number of hydrogen-bond donors (Lipinski definition) is 1. The molecule has 1 aromatic rings. The van der Waals surface area contributed by atoms with Gasteiger partial charge in [0.05, 0.1) is 5.92 Å². The number of carbonyl (C=O) groups is 2. The van der Waals surface area contributed by atoms with Crippen LogP contribution in [0.15, 0.2) is 24.3 Å². The summed E-state index contributed by atoms with van der Waals surface area (Å²) >= 11 is 0. The van der Waals surface area contributed by atoms with Crippen molar-refractivity contribution in [3.63, 3.8) is 0 Å². The van der Waals surface area contributed by atoms with Gasteiger partial charge in [-0.15, -0.1) is 13.2 Å². The Morgan fingerprint density at radius 2 is 1.68 bits per heavy atom. The second-order valence-electron chi connectivity index (χ2n) is 6.64. The summed E-state index contributed by atoms with van der Waals surface area (Å²) in [5, 5.41) is 2.59. The van der Waals surface area contributed by atoms with Crippen LogP contribution < -0.4 is 10.1 Å². The Balaban J connectivity index is 1.81. The highest BCUT2D eigenvalue weighted by atomic mass is 19.4. The fourth-order valence-corrected chi connectivity index (χ4v) is 2.10. The molecule has 0 saturated carbocycles. The van der Waals surface area contributed by atoms with Crippen LogP contribution in [0.4, 0.5) is 23.7 Å². The molecule has 1 fully saturated rings. The molecule has 1 aromatic carbocycles. The van der Waals surface area contributed by atoms with E-state index in [0.29, 0.717) is 5.69 Å². The Morgan fingerprint density at radius 1 is 1.12 bits per heavy atom. The molecule has 0 spiro atoms. The molecule has 9 heteroatoms. The van der Waals surface area contributed by atoms with Crippen LogP contribution in [0.5, 0.6) is 5.75 Å². The summed E-state index contributed by atoms with van der Waals surface area (Å²) in [5.41, 5.74) is -0.264. The van der Waals surface area contributed by atoms with Crippen molar-refractivity contribution in [2.75, 3.05) is 18.4 Å². The van der Waals surface area contributed by atoms with E-state index in [9.17, 15) is 22.8 Å². The molecule has 1 saturated heterocycles. The Hall–Kier alpha value is -2.45. The highest BCUT2D eigenvalue weighted by Crippen LogP contribution is 2.25. The third-order valence-electron chi connectivity index (χ3n) is 3.26. The number of halogens is 3. The molecule has 1 aliphatic heterocycles. The maximum absolute atomic E-state index is 12.1. The van der Waals surface area contributed by atoms with Crippen molar-refractivity contribution in [1.82, 2.24) is 4.90 Å². The Labute approximate surface area is 142 Å². The largest absolute Gasteiger partial charge is 0.573 e. The van der Waals surface area contributed by atoms with Crippen LogP contribution in [0.1, 0.15) is 20.8 Å². The number of amides is 2. The van der Waals surface area contributed by atoms with Crippen molar-refractivity contribution in [2.24, 2.45) is 5.92 Å². The van der Waals surface area contributed by atoms with E-state index in [1.165, 1.54) is 17.0 Å². The third-order valence-corrected chi connectivity index (χ3v) is 3.26. The average molecular weight is 360 g/mol. The molecule has 2 rings (SSSR count). The first-order valence-corrected chi connectivity index (χ1v) is 7.57. The van der Waals surface area contributed by atoms with Crippen molar-refractivity contribution < 1.29 is 32.2 Å². The van der Waals surface area contributed by atoms with Crippen LogP contribution in [0.25, 0.3) is 0 Å². The number of ether oxygens (including phenoxy) is 2. The predicted molar refractivity (Wildman–Crippen MR) is 83.1 cm³/mol. The van der Waals surface area contributed by atoms with Gasteiger partial charge >= 0.3 is 12.5 Å². The van der Waals surface area contributed by atoms with E-state index in [4.69, 9.17) is 4.74 Å². The molecule has 1 heterocycles. The quantitative estimate of drug-likeness (QED) is 0.897. The summed E-state index contributed by atoms with van der Waals surface area (Å²) in [5.74, 6) is -1.08. The van der Waals surface area contributed by atoms with Crippen LogP contribution >= 0.6 is 0 Å². The van der Waals surface area contributed by atoms with Gasteiger partial charge in [-0.1, -0.05) is 0 Å². The first-order chi connectivity index (χ1) is 11.4. The van der Waals surface area contributed by atoms with Gasteiger partial charge in [0.1, 0.15) is 11.4 Å². The zero-order valence-electron chi connectivity index (χ0n) is 14.0. The van der Waals surface area contributed by atoms with Crippen LogP contribution in [0.2, 0.25) is 0 Å². The van der Waals surface area contributed by atoms with Crippen molar-refractivity contribution in [3.8, 4) is 5.75 Å². The number of carbonyl (C=O) groups excluding carboxylic acids is 2. The van der Waals surface area contributed by atoms with Gasteiger partial charge in [0.25, 0.3) is 0 Å². The molecule has 0 bridgehead atoms. The number of benzene rings is 1. The number of nitrogens with one attached hydrogen (secondary N) is 1. The fraction of sp³-hybridized carbons (Fsp3) is 0.500. The van der Waals surface area contributed by atoms with Crippen molar-refractivity contribution in [1.29, 1.82) is 0 Å². The monoisotopic (exact) mass is 360 g/mol. The molecular formula is C16H19F3N2O4. The zero-order valence-corrected chi connectivity index (χ0v) is 14.0. The van der Waals surface area contributed by atoms with Crippen LogP contribution in [-0.4, -0.2) is 42.0 Å². The van der Waals surface area contributed by atoms with E-state index in [2.05, 4.69) is 10.1 Å². The molecule has 25 heavy (non-hydrogen) atoms. The van der Waals surface area contributed by atoms with E-state index in [1.54, 1.807) is 20.8 Å². The van der Waals surface area contributed by atoms with E-state index in [1.807, 2.05) is 0 Å². The summed E-state index contributed by atoms with van der Waals surface area (Å²) in [7, 11) is 0. The summed E-state index contributed by atoms with van der Waals surface area (Å²) in [6.45, 7) is 5.72. The summed E-state index contributed by atoms with van der Waals surface area (Å²) in [4.78, 5) is 25.3. The minimum absolute atomic E-state index is 0.232. The second-order valence-corrected chi connectivity index (χ2v) is 6.64. The molecule has 6 nitrogen and oxygen atoms in total. The van der Waals surface area contributed by atoms with Gasteiger partial charge in [0.2, 0.25) is 5.91 Å². The SMILES string of the molecule is CC(C)(C)OC(=O)N1CC(C(=O)Nc2ccc(OC(F)(F)F)cc2)C1. The molecule has 0 atom stereocenters. The molecule has 0 radical (unpaired) electrons. The number of alkyl halides is 3. The lowest BCUT2D eigenvalue weighted by atomic mass is 10.00. The van der Waals surface area contributed by atoms with E-state index in [-0.39, 0.29) is 24.7 Å². The third kappa shape index (κ3) is 5.84. The minimum atomic E-state index is -4.76. The van der Waals surface area contributed by atoms with Crippen molar-refractivity contribution in [3.05, 3.63) is 24.3 Å². The maximum Gasteiger partial charge on any atom is 0.573 e. The zero-order chi connectivity index (χ0) is 18.8. The van der Waals surface area contributed by atoms with Crippen molar-refractivity contribution in [2.45, 2.75) is 32.7 Å². The molecule has 0 aromatic heterocycles. The number of nitrogens with zero attached hydrogens (tertiary/aromatic N) is 1. The van der Waals surface area contributed by atoms with Crippen LogP contribution in [-0.2, 0) is 9.53 Å². The Morgan fingerprint density at radius 3 is 2.16 bits per heavy atom. The average Bonchev–Trinajstić information content (AvgIpc) is 2.35. The van der Waals surface area contributed by atoms with E-state index in [0.717, 1.165) is 12.1 Å². The standard InChI is InChI=1S/C16H19F3N2O4/c1-15(2,3)25-14(23)21-8-10(9-21)13(22)20-11-4-6-12(7-5-11)24-16(17,18)19/h4-7,10H,8-9H2,1-3H3,(H,20,22). The lowest BCUT2D eigenvalue weighted by Crippen LogP contribution is -2.55. The van der Waals surface area contributed by atoms with Crippen LogP contribution in [0.3, 0.4) is 0 Å². The summed E-state index contributed by atoms with van der Waals surface area (Å²) < 4.78 is 45.2. The lowest BCUT2D eigenvalue weighted by molar-refractivity contribution is -0.274. The van der Waals surface area contributed by atoms with Gasteiger partial charge in [-0.2, -0.15) is 0 Å². The molecular weight excluding hydrogens is 341 g/mol. The maximum atomic E-state index is 12.1. The van der Waals surface area contributed by atoms with Gasteiger partial charge in [-0.3, -0.25) is 4.79 Å². The molecule has 0 aliphatic carbocycles. The highest BCUT2D eigenvalue weighted by molar-refractivity contribution is 5.94. The molecule has 0 unspecified atom stereocenters. The first kappa shape index (κ1) is 18.9. The highest BCUT2D eigenvalue weighted by Gasteiger charge is 2.38. The molecule has 1 N–H and O–H groups in total. The van der Waals surface area contributed by atoms with Crippen LogP contribution in [0, 0.1) is 5.92 Å². The normalized spacial score (nSPS) is 15.4. The predicted octanol–water partition coefficient (Wildman–Crippen LogP) is 3.39. The molecule has 1 aliphatic rings. The summed E-state index contributed by atoms with van der Waals surface area (Å²) in [6.07, 6.45) is -5.24. The summed E-state index contributed by atoms with van der Waals surface area (Å²) in [6, 6.07) is 4.83. The number of anilines is 1. The van der Waals surface area contributed by atoms with Crippen molar-refractivity contribution >= 4 is 17.7 Å². The van der Waals surface area contributed by atoms with Gasteiger partial charge in [-0.05, 0) is 45.0 Å². The number of rotatable bonds is 3. The smallest absolute Gasteiger partial charge is 0.444 e. The van der Waals surface area contributed by atoms with E-state index >= 15 is 0 Å². The van der Waals surface area contributed by atoms with Gasteiger partial charge in [-0.25, -0.2) is 4.79 Å². The number of hydrogen-bond acceptors (Lipinski definition) is 4. The van der Waals surface area contributed by atoms with E-state index < -0.39 is 24.0 Å². The fourth-order valence-electron chi connectivity index (χ4n) is 2.10. The van der Waals surface area contributed by atoms with Gasteiger partial charge in [0.15, 0.2) is 0 Å². The van der Waals surface area contributed by atoms with Gasteiger partial charge < -0.3 is 19.7 Å². The molecule has 138 valence electrons. The Bertz CT molecular complexity index is 632. The number of likely N-dealkylation sites (tertiary alicyclic amines) is 1.